The number of fused-ring (bicyclic) bond motifs is 1. The molecule has 0 aliphatic carbocycles. The number of nitrogens with zero attached hydrogens (tertiary/aromatic N) is 1. The minimum atomic E-state index is -0.942. The van der Waals surface area contributed by atoms with Crippen LogP contribution in [0.5, 0.6) is 0 Å². The van der Waals surface area contributed by atoms with Crippen molar-refractivity contribution in [3.8, 4) is 0 Å². The van der Waals surface area contributed by atoms with Crippen LogP contribution >= 0.6 is 15.9 Å². The maximum Gasteiger partial charge on any atom is 0.317 e. The van der Waals surface area contributed by atoms with Crippen LogP contribution in [-0.4, -0.2) is 39.2 Å². The first kappa shape index (κ1) is 13.7. The van der Waals surface area contributed by atoms with Crippen LogP contribution < -0.4 is 0 Å². The largest absolute Gasteiger partial charge is 0.480 e. The van der Waals surface area contributed by atoms with E-state index in [9.17, 15) is 14.4 Å². The maximum atomic E-state index is 12.0. The highest BCUT2D eigenvalue weighted by Gasteiger charge is 2.34. The van der Waals surface area contributed by atoms with Crippen LogP contribution in [0.4, 0.5) is 0 Å². The van der Waals surface area contributed by atoms with Crippen molar-refractivity contribution in [1.29, 1.82) is 0 Å². The summed E-state index contributed by atoms with van der Waals surface area (Å²) in [6.07, 6.45) is 0.816. The minimum Gasteiger partial charge on any atom is -0.480 e. The van der Waals surface area contributed by atoms with E-state index in [1.807, 2.05) is 0 Å². The van der Waals surface area contributed by atoms with Gasteiger partial charge in [0.05, 0.1) is 11.1 Å². The summed E-state index contributed by atoms with van der Waals surface area (Å²) in [7, 11) is 0. The van der Waals surface area contributed by atoms with Gasteiger partial charge >= 0.3 is 5.97 Å². The van der Waals surface area contributed by atoms with E-state index in [0.717, 1.165) is 0 Å². The topological polar surface area (TPSA) is 74.7 Å². The lowest BCUT2D eigenvalue weighted by Crippen LogP contribution is -2.31. The second kappa shape index (κ2) is 5.52. The lowest BCUT2D eigenvalue weighted by molar-refractivity contribution is -0.136. The van der Waals surface area contributed by atoms with E-state index >= 15 is 0 Å². The summed E-state index contributed by atoms with van der Waals surface area (Å²) in [5, 5.41) is 8.73. The highest BCUT2D eigenvalue weighted by Crippen LogP contribution is 2.23. The van der Waals surface area contributed by atoms with Crippen LogP contribution in [-0.2, 0) is 4.79 Å². The summed E-state index contributed by atoms with van der Waals surface area (Å²) in [5.74, 6) is -1.55. The lowest BCUT2D eigenvalue weighted by Gasteiger charge is -2.14. The second-order valence-corrected chi connectivity index (χ2v) is 5.36. The molecular weight excluding hydrogens is 314 g/mol. The third kappa shape index (κ3) is 2.68. The molecule has 1 aliphatic rings. The molecule has 2 rings (SSSR count). The Labute approximate surface area is 118 Å². The first-order valence-electron chi connectivity index (χ1n) is 5.84. The molecule has 0 radical (unpaired) electrons. The molecule has 0 spiro atoms. The molecule has 0 aromatic heterocycles. The number of hydrogen-bond acceptors (Lipinski definition) is 3. The number of rotatable bonds is 5. The van der Waals surface area contributed by atoms with E-state index in [4.69, 9.17) is 5.11 Å². The molecule has 5 nitrogen and oxygen atoms in total. The van der Waals surface area contributed by atoms with Crippen molar-refractivity contribution >= 4 is 33.7 Å². The number of amides is 2. The Morgan fingerprint density at radius 2 is 1.74 bits per heavy atom. The summed E-state index contributed by atoms with van der Waals surface area (Å²) in [5.41, 5.74) is 0.835. The number of carboxylic acid groups (broad SMARTS) is 1. The van der Waals surface area contributed by atoms with Crippen LogP contribution in [0.1, 0.15) is 33.6 Å². The fourth-order valence-corrected chi connectivity index (χ4v) is 2.32. The van der Waals surface area contributed by atoms with Gasteiger partial charge in [0, 0.05) is 6.54 Å². The maximum absolute atomic E-state index is 12.0. The van der Waals surface area contributed by atoms with Crippen LogP contribution in [0.15, 0.2) is 24.3 Å². The highest BCUT2D eigenvalue weighted by molar-refractivity contribution is 9.10. The Morgan fingerprint density at radius 1 is 1.21 bits per heavy atom. The number of carboxylic acids is 1. The van der Waals surface area contributed by atoms with E-state index in [0.29, 0.717) is 24.0 Å². The molecule has 1 N–H and O–H groups in total. The average Bonchev–Trinajstić information content (AvgIpc) is 2.64. The number of alkyl halides is 1. The zero-order valence-corrected chi connectivity index (χ0v) is 11.6. The number of imide groups is 1. The van der Waals surface area contributed by atoms with Crippen molar-refractivity contribution < 1.29 is 19.5 Å². The normalized spacial score (nSPS) is 15.5. The molecule has 1 heterocycles. The smallest absolute Gasteiger partial charge is 0.317 e. The Bertz CT molecular complexity index is 508. The standard InChI is InChI=1S/C13H12BrNO4/c14-10(13(18)19)6-3-7-15-11(16)8-4-1-2-5-9(8)12(15)17/h1-2,4-5,10H,3,6-7H2,(H,18,19). The minimum absolute atomic E-state index is 0.238. The third-order valence-electron chi connectivity index (χ3n) is 2.99. The molecule has 1 unspecified atom stereocenters. The van der Waals surface area contributed by atoms with Gasteiger partial charge in [-0.05, 0) is 25.0 Å². The first-order chi connectivity index (χ1) is 9.02. The number of aliphatic carboxylic acids is 1. The van der Waals surface area contributed by atoms with Crippen molar-refractivity contribution in [1.82, 2.24) is 4.90 Å². The highest BCUT2D eigenvalue weighted by atomic mass is 79.9. The molecule has 0 saturated heterocycles. The number of benzene rings is 1. The second-order valence-electron chi connectivity index (χ2n) is 4.26. The molecule has 0 saturated carbocycles. The van der Waals surface area contributed by atoms with Gasteiger partial charge in [0.15, 0.2) is 0 Å². The van der Waals surface area contributed by atoms with Crippen LogP contribution in [0.2, 0.25) is 0 Å². The number of carbonyl (C=O) groups excluding carboxylic acids is 2. The van der Waals surface area contributed by atoms with Gasteiger partial charge in [0.2, 0.25) is 0 Å². The summed E-state index contributed by atoms with van der Waals surface area (Å²) in [6.45, 7) is 0.238. The molecule has 1 aromatic rings. The Balaban J connectivity index is 1.99. The Hall–Kier alpha value is -1.69. The third-order valence-corrected chi connectivity index (χ3v) is 3.83. The molecule has 1 aromatic carbocycles. The van der Waals surface area contributed by atoms with Gasteiger partial charge in [-0.2, -0.15) is 0 Å². The number of hydrogen-bond donors (Lipinski definition) is 1. The van der Waals surface area contributed by atoms with E-state index in [1.54, 1.807) is 24.3 Å². The molecule has 100 valence electrons. The summed E-state index contributed by atoms with van der Waals surface area (Å²) < 4.78 is 0. The number of carbonyl (C=O) groups is 3. The SMILES string of the molecule is O=C(O)C(Br)CCCN1C(=O)c2ccccc2C1=O. The van der Waals surface area contributed by atoms with Gasteiger partial charge in [-0.3, -0.25) is 19.3 Å². The van der Waals surface area contributed by atoms with Gasteiger partial charge < -0.3 is 5.11 Å². The summed E-state index contributed by atoms with van der Waals surface area (Å²) >= 11 is 3.02. The predicted molar refractivity (Wildman–Crippen MR) is 71.4 cm³/mol. The van der Waals surface area contributed by atoms with E-state index in [1.165, 1.54) is 4.90 Å². The fourth-order valence-electron chi connectivity index (χ4n) is 1.99. The summed E-state index contributed by atoms with van der Waals surface area (Å²) in [4.78, 5) is 35.1. The van der Waals surface area contributed by atoms with Gasteiger partial charge in [-0.1, -0.05) is 28.1 Å². The monoisotopic (exact) mass is 325 g/mol. The van der Waals surface area contributed by atoms with Gasteiger partial charge in [0.1, 0.15) is 4.83 Å². The van der Waals surface area contributed by atoms with Crippen molar-refractivity contribution in [3.05, 3.63) is 35.4 Å². The molecule has 2 amide bonds. The van der Waals surface area contributed by atoms with Crippen molar-refractivity contribution in [2.45, 2.75) is 17.7 Å². The average molecular weight is 326 g/mol. The first-order valence-corrected chi connectivity index (χ1v) is 6.76. The van der Waals surface area contributed by atoms with Gasteiger partial charge in [-0.15, -0.1) is 0 Å². The molecule has 1 atom stereocenters. The van der Waals surface area contributed by atoms with Crippen molar-refractivity contribution in [2.24, 2.45) is 0 Å². The Kier molecular flexibility index (Phi) is 3.99. The molecule has 0 bridgehead atoms. The quantitative estimate of drug-likeness (QED) is 0.662. The molecular formula is C13H12BrNO4. The van der Waals surface area contributed by atoms with Crippen LogP contribution in [0, 0.1) is 0 Å². The van der Waals surface area contributed by atoms with Gasteiger partial charge in [-0.25, -0.2) is 0 Å². The van der Waals surface area contributed by atoms with E-state index in [-0.39, 0.29) is 18.4 Å². The van der Waals surface area contributed by atoms with E-state index in [2.05, 4.69) is 15.9 Å². The van der Waals surface area contributed by atoms with Crippen LogP contribution in [0.3, 0.4) is 0 Å². The molecule has 6 heteroatoms. The number of halogens is 1. The van der Waals surface area contributed by atoms with Crippen LogP contribution in [0.25, 0.3) is 0 Å². The Morgan fingerprint density at radius 3 is 2.21 bits per heavy atom. The lowest BCUT2D eigenvalue weighted by atomic mass is 10.1. The van der Waals surface area contributed by atoms with E-state index < -0.39 is 10.8 Å². The fraction of sp³-hybridized carbons (Fsp3) is 0.308. The zero-order chi connectivity index (χ0) is 14.0. The molecule has 0 fully saturated rings. The van der Waals surface area contributed by atoms with Gasteiger partial charge in [0.25, 0.3) is 11.8 Å². The molecule has 19 heavy (non-hydrogen) atoms. The molecule has 1 aliphatic heterocycles. The van der Waals surface area contributed by atoms with Crippen molar-refractivity contribution in [2.75, 3.05) is 6.54 Å². The summed E-state index contributed by atoms with van der Waals surface area (Å²) in [6, 6.07) is 6.68. The predicted octanol–water partition coefficient (Wildman–Crippen LogP) is 1.91. The van der Waals surface area contributed by atoms with Crippen molar-refractivity contribution in [3.63, 3.8) is 0 Å². The zero-order valence-electron chi connectivity index (χ0n) is 10.0.